The van der Waals surface area contributed by atoms with E-state index in [1.807, 2.05) is 34.6 Å². The van der Waals surface area contributed by atoms with E-state index in [0.29, 0.717) is 24.4 Å². The minimum absolute atomic E-state index is 0.0998. The molecule has 2 aromatic rings. The summed E-state index contributed by atoms with van der Waals surface area (Å²) in [6.07, 6.45) is 2.45. The van der Waals surface area contributed by atoms with Gasteiger partial charge in [-0.25, -0.2) is 4.98 Å². The molecule has 0 aliphatic heterocycles. The van der Waals surface area contributed by atoms with E-state index in [9.17, 15) is 4.79 Å². The third-order valence-electron chi connectivity index (χ3n) is 3.34. The molecule has 2 rings (SSSR count). The number of nitrogens with zero attached hydrogens (tertiary/aromatic N) is 3. The van der Waals surface area contributed by atoms with Gasteiger partial charge in [0.15, 0.2) is 5.89 Å². The van der Waals surface area contributed by atoms with E-state index >= 15 is 0 Å². The Morgan fingerprint density at radius 3 is 2.62 bits per heavy atom. The van der Waals surface area contributed by atoms with E-state index in [4.69, 9.17) is 4.42 Å². The van der Waals surface area contributed by atoms with Crippen LogP contribution >= 0.6 is 0 Å². The maximum atomic E-state index is 12.2. The van der Waals surface area contributed by atoms with Crippen molar-refractivity contribution in [3.05, 3.63) is 34.8 Å². The lowest BCUT2D eigenvalue weighted by molar-refractivity contribution is 0.0953. The summed E-state index contributed by atoms with van der Waals surface area (Å²) in [6.45, 7) is 10.1. The quantitative estimate of drug-likeness (QED) is 0.917. The topological polar surface area (TPSA) is 73.0 Å². The zero-order valence-corrected chi connectivity index (χ0v) is 13.2. The van der Waals surface area contributed by atoms with Gasteiger partial charge in [-0.2, -0.15) is 5.10 Å². The fourth-order valence-corrected chi connectivity index (χ4v) is 2.16. The van der Waals surface area contributed by atoms with Gasteiger partial charge in [0.05, 0.1) is 17.0 Å². The van der Waals surface area contributed by atoms with Gasteiger partial charge in [0, 0.05) is 32.1 Å². The molecule has 0 unspecified atom stereocenters. The normalized spacial score (nSPS) is 11.1. The number of amides is 1. The third-order valence-corrected chi connectivity index (χ3v) is 3.34. The summed E-state index contributed by atoms with van der Waals surface area (Å²) in [5, 5.41) is 7.25. The Morgan fingerprint density at radius 1 is 1.38 bits per heavy atom. The van der Waals surface area contributed by atoms with E-state index < -0.39 is 0 Å². The molecule has 2 heterocycles. The lowest BCUT2D eigenvalue weighted by Gasteiger charge is -2.04. The van der Waals surface area contributed by atoms with Gasteiger partial charge in [0.1, 0.15) is 5.76 Å². The second kappa shape index (κ2) is 6.11. The molecule has 2 aromatic heterocycles. The fraction of sp³-hybridized carbons (Fsp3) is 0.533. The molecule has 0 atom stereocenters. The van der Waals surface area contributed by atoms with Crippen LogP contribution in [-0.2, 0) is 6.42 Å². The molecule has 0 aromatic carbocycles. The molecule has 0 aliphatic carbocycles. The summed E-state index contributed by atoms with van der Waals surface area (Å²) in [5.41, 5.74) is 2.26. The standard InChI is InChI=1S/C15H22N4O2/c1-9(2)19-8-13(10(3)18-19)15(20)16-7-6-14-11(4)21-12(5)17-14/h8-9H,6-7H2,1-5H3,(H,16,20). The molecule has 1 amide bonds. The van der Waals surface area contributed by atoms with Crippen LogP contribution in [-0.4, -0.2) is 27.2 Å². The summed E-state index contributed by atoms with van der Waals surface area (Å²) < 4.78 is 7.17. The van der Waals surface area contributed by atoms with E-state index in [-0.39, 0.29) is 11.9 Å². The number of aromatic nitrogens is 3. The van der Waals surface area contributed by atoms with E-state index in [2.05, 4.69) is 15.4 Å². The molecule has 0 saturated carbocycles. The monoisotopic (exact) mass is 290 g/mol. The molecule has 0 saturated heterocycles. The highest BCUT2D eigenvalue weighted by atomic mass is 16.4. The van der Waals surface area contributed by atoms with Gasteiger partial charge in [-0.3, -0.25) is 9.48 Å². The van der Waals surface area contributed by atoms with Crippen molar-refractivity contribution in [1.29, 1.82) is 0 Å². The summed E-state index contributed by atoms with van der Waals surface area (Å²) in [6, 6.07) is 0.242. The van der Waals surface area contributed by atoms with Crippen molar-refractivity contribution < 1.29 is 9.21 Å². The molecule has 114 valence electrons. The van der Waals surface area contributed by atoms with Gasteiger partial charge in [-0.15, -0.1) is 0 Å². The number of hydrogen-bond donors (Lipinski definition) is 1. The lowest BCUT2D eigenvalue weighted by Crippen LogP contribution is -2.26. The predicted molar refractivity (Wildman–Crippen MR) is 79.4 cm³/mol. The third kappa shape index (κ3) is 3.51. The summed E-state index contributed by atoms with van der Waals surface area (Å²) >= 11 is 0. The highest BCUT2D eigenvalue weighted by Gasteiger charge is 2.14. The zero-order valence-electron chi connectivity index (χ0n) is 13.2. The first-order chi connectivity index (χ1) is 9.88. The predicted octanol–water partition coefficient (Wildman–Crippen LogP) is 2.35. The Morgan fingerprint density at radius 2 is 2.10 bits per heavy atom. The van der Waals surface area contributed by atoms with Gasteiger partial charge in [-0.1, -0.05) is 0 Å². The van der Waals surface area contributed by atoms with Gasteiger partial charge in [-0.05, 0) is 27.7 Å². The van der Waals surface area contributed by atoms with Crippen molar-refractivity contribution in [2.75, 3.05) is 6.54 Å². The number of carbonyl (C=O) groups is 1. The zero-order chi connectivity index (χ0) is 15.6. The van der Waals surface area contributed by atoms with Crippen LogP contribution < -0.4 is 5.32 Å². The Balaban J connectivity index is 1.94. The molecule has 1 N–H and O–H groups in total. The van der Waals surface area contributed by atoms with Crippen molar-refractivity contribution in [2.45, 2.75) is 47.1 Å². The number of hydrogen-bond acceptors (Lipinski definition) is 4. The van der Waals surface area contributed by atoms with Crippen molar-refractivity contribution in [3.63, 3.8) is 0 Å². The van der Waals surface area contributed by atoms with E-state index in [0.717, 1.165) is 17.1 Å². The smallest absolute Gasteiger partial charge is 0.254 e. The second-order valence-corrected chi connectivity index (χ2v) is 5.44. The molecule has 21 heavy (non-hydrogen) atoms. The van der Waals surface area contributed by atoms with Crippen LogP contribution in [0.5, 0.6) is 0 Å². The molecule has 0 radical (unpaired) electrons. The van der Waals surface area contributed by atoms with Crippen molar-refractivity contribution in [3.8, 4) is 0 Å². The second-order valence-electron chi connectivity index (χ2n) is 5.44. The number of nitrogens with one attached hydrogen (secondary N) is 1. The van der Waals surface area contributed by atoms with Crippen LogP contribution in [0.4, 0.5) is 0 Å². The maximum absolute atomic E-state index is 12.2. The Bertz CT molecular complexity index is 640. The largest absolute Gasteiger partial charge is 0.446 e. The van der Waals surface area contributed by atoms with Gasteiger partial charge in [0.2, 0.25) is 0 Å². The number of aryl methyl sites for hydroxylation is 3. The van der Waals surface area contributed by atoms with Crippen molar-refractivity contribution in [1.82, 2.24) is 20.1 Å². The highest BCUT2D eigenvalue weighted by molar-refractivity contribution is 5.94. The first kappa shape index (κ1) is 15.3. The number of rotatable bonds is 5. The van der Waals surface area contributed by atoms with Crippen LogP contribution in [0.15, 0.2) is 10.6 Å². The molecule has 6 heteroatoms. The number of oxazole rings is 1. The van der Waals surface area contributed by atoms with Crippen LogP contribution in [0.3, 0.4) is 0 Å². The molecular formula is C15H22N4O2. The van der Waals surface area contributed by atoms with Crippen molar-refractivity contribution in [2.24, 2.45) is 0 Å². The summed E-state index contributed by atoms with van der Waals surface area (Å²) in [4.78, 5) is 16.5. The molecular weight excluding hydrogens is 268 g/mol. The van der Waals surface area contributed by atoms with Crippen LogP contribution in [0, 0.1) is 20.8 Å². The van der Waals surface area contributed by atoms with Gasteiger partial charge >= 0.3 is 0 Å². The highest BCUT2D eigenvalue weighted by Crippen LogP contribution is 2.11. The maximum Gasteiger partial charge on any atom is 0.254 e. The summed E-state index contributed by atoms with van der Waals surface area (Å²) in [5.74, 6) is 1.37. The Labute approximate surface area is 124 Å². The molecule has 0 fully saturated rings. The first-order valence-corrected chi connectivity index (χ1v) is 7.15. The fourth-order valence-electron chi connectivity index (χ4n) is 2.16. The molecule has 0 bridgehead atoms. The SMILES string of the molecule is Cc1nc(CCNC(=O)c2cn(C(C)C)nc2C)c(C)o1. The van der Waals surface area contributed by atoms with Gasteiger partial charge < -0.3 is 9.73 Å². The van der Waals surface area contributed by atoms with Crippen molar-refractivity contribution >= 4 is 5.91 Å². The van der Waals surface area contributed by atoms with Crippen LogP contribution in [0.25, 0.3) is 0 Å². The Kier molecular flexibility index (Phi) is 4.45. The van der Waals surface area contributed by atoms with Crippen LogP contribution in [0.2, 0.25) is 0 Å². The molecule has 0 aliphatic rings. The average molecular weight is 290 g/mol. The molecule has 6 nitrogen and oxygen atoms in total. The lowest BCUT2D eigenvalue weighted by atomic mass is 10.2. The molecule has 0 spiro atoms. The van der Waals surface area contributed by atoms with Crippen LogP contribution in [0.1, 0.15) is 53.3 Å². The number of carbonyl (C=O) groups excluding carboxylic acids is 1. The summed E-state index contributed by atoms with van der Waals surface area (Å²) in [7, 11) is 0. The average Bonchev–Trinajstić information content (AvgIpc) is 2.93. The minimum atomic E-state index is -0.0998. The van der Waals surface area contributed by atoms with E-state index in [1.165, 1.54) is 0 Å². The Hall–Kier alpha value is -2.11. The van der Waals surface area contributed by atoms with E-state index in [1.54, 1.807) is 10.9 Å². The van der Waals surface area contributed by atoms with Gasteiger partial charge in [0.25, 0.3) is 5.91 Å². The minimum Gasteiger partial charge on any atom is -0.446 e. The first-order valence-electron chi connectivity index (χ1n) is 7.15.